The first-order chi connectivity index (χ1) is 15.0. The van der Waals surface area contributed by atoms with Gasteiger partial charge in [0.1, 0.15) is 0 Å². The van der Waals surface area contributed by atoms with Gasteiger partial charge in [0.2, 0.25) is 11.6 Å². The number of benzene rings is 1. The van der Waals surface area contributed by atoms with Gasteiger partial charge in [-0.3, -0.25) is 4.79 Å². The van der Waals surface area contributed by atoms with Crippen LogP contribution < -0.4 is 19.8 Å². The van der Waals surface area contributed by atoms with E-state index in [1.54, 1.807) is 12.1 Å². The Balaban J connectivity index is 1.74. The molecule has 0 aliphatic carbocycles. The maximum absolute atomic E-state index is 12.3. The van der Waals surface area contributed by atoms with E-state index in [9.17, 15) is 9.59 Å². The second-order valence-corrected chi connectivity index (χ2v) is 6.27. The van der Waals surface area contributed by atoms with Gasteiger partial charge in [-0.05, 0) is 24.6 Å². The summed E-state index contributed by atoms with van der Waals surface area (Å²) in [6, 6.07) is 5.90. The van der Waals surface area contributed by atoms with E-state index in [-0.39, 0.29) is 29.6 Å². The fourth-order valence-electron chi connectivity index (χ4n) is 2.76. The van der Waals surface area contributed by atoms with Gasteiger partial charge in [-0.25, -0.2) is 9.48 Å². The quantitative estimate of drug-likeness (QED) is 0.465. The van der Waals surface area contributed by atoms with Crippen LogP contribution in [0.3, 0.4) is 0 Å². The summed E-state index contributed by atoms with van der Waals surface area (Å²) in [5.41, 5.74) is 0.260. The lowest BCUT2D eigenvalue weighted by Gasteiger charge is -2.12. The third-order valence-corrected chi connectivity index (χ3v) is 4.22. The molecule has 0 unspecified atom stereocenters. The number of esters is 1. The summed E-state index contributed by atoms with van der Waals surface area (Å²) < 4.78 is 27.9. The average molecular weight is 430 g/mol. The highest BCUT2D eigenvalue weighted by atomic mass is 16.5. The SMILES string of the molecule is CCCn1nc(C(=O)OCc2nnc(-c3cc(OC)c(OC)c(OC)c3)o2)ccc1=O. The standard InChI is InChI=1S/C20H22N4O7/c1-5-8-24-17(25)7-6-13(23-24)20(26)30-11-16-21-22-19(31-16)12-9-14(27-2)18(29-4)15(10-12)28-3/h6-7,9-10H,5,8,11H2,1-4H3. The van der Waals surface area contributed by atoms with E-state index in [1.165, 1.54) is 38.1 Å². The molecule has 31 heavy (non-hydrogen) atoms. The van der Waals surface area contributed by atoms with Crippen molar-refractivity contribution >= 4 is 5.97 Å². The summed E-state index contributed by atoms with van der Waals surface area (Å²) in [5, 5.41) is 11.9. The van der Waals surface area contributed by atoms with Gasteiger partial charge in [-0.1, -0.05) is 6.92 Å². The van der Waals surface area contributed by atoms with Crippen LogP contribution in [-0.4, -0.2) is 47.3 Å². The molecule has 0 aliphatic rings. The number of hydrogen-bond acceptors (Lipinski definition) is 10. The lowest BCUT2D eigenvalue weighted by atomic mass is 10.2. The van der Waals surface area contributed by atoms with Gasteiger partial charge in [-0.2, -0.15) is 5.10 Å². The normalized spacial score (nSPS) is 10.6. The van der Waals surface area contributed by atoms with Crippen molar-refractivity contribution < 1.29 is 28.2 Å². The zero-order chi connectivity index (χ0) is 22.4. The van der Waals surface area contributed by atoms with Crippen LogP contribution in [-0.2, 0) is 17.9 Å². The van der Waals surface area contributed by atoms with Crippen LogP contribution in [0, 0.1) is 0 Å². The first-order valence-electron chi connectivity index (χ1n) is 9.38. The van der Waals surface area contributed by atoms with Gasteiger partial charge in [0.05, 0.1) is 21.3 Å². The Morgan fingerprint density at radius 1 is 1.06 bits per heavy atom. The van der Waals surface area contributed by atoms with Crippen LogP contribution in [0.15, 0.2) is 33.5 Å². The molecule has 164 valence electrons. The number of carbonyl (C=O) groups is 1. The van der Waals surface area contributed by atoms with Crippen molar-refractivity contribution in [2.45, 2.75) is 26.5 Å². The van der Waals surface area contributed by atoms with E-state index in [2.05, 4.69) is 15.3 Å². The Labute approximate surface area is 177 Å². The number of carbonyl (C=O) groups excluding carboxylic acids is 1. The van der Waals surface area contributed by atoms with Crippen LogP contribution in [0.1, 0.15) is 29.7 Å². The molecule has 3 aromatic rings. The van der Waals surface area contributed by atoms with Gasteiger partial charge in [0.15, 0.2) is 23.8 Å². The van der Waals surface area contributed by atoms with Crippen molar-refractivity contribution in [3.05, 3.63) is 46.2 Å². The second-order valence-electron chi connectivity index (χ2n) is 6.27. The van der Waals surface area contributed by atoms with Gasteiger partial charge in [0.25, 0.3) is 11.4 Å². The maximum Gasteiger partial charge on any atom is 0.359 e. The molecule has 0 atom stereocenters. The Kier molecular flexibility index (Phi) is 6.85. The summed E-state index contributed by atoms with van der Waals surface area (Å²) in [5.74, 6) is 0.836. The van der Waals surface area contributed by atoms with Gasteiger partial charge in [0, 0.05) is 18.2 Å². The molecule has 0 spiro atoms. The zero-order valence-corrected chi connectivity index (χ0v) is 17.6. The van der Waals surface area contributed by atoms with Crippen molar-refractivity contribution in [2.75, 3.05) is 21.3 Å². The molecule has 0 saturated heterocycles. The molecule has 0 radical (unpaired) electrons. The lowest BCUT2D eigenvalue weighted by molar-refractivity contribution is 0.0428. The first-order valence-corrected chi connectivity index (χ1v) is 9.38. The Morgan fingerprint density at radius 3 is 2.39 bits per heavy atom. The summed E-state index contributed by atoms with van der Waals surface area (Å²) >= 11 is 0. The van der Waals surface area contributed by atoms with Crippen LogP contribution >= 0.6 is 0 Å². The van der Waals surface area contributed by atoms with Crippen LogP contribution in [0.5, 0.6) is 17.2 Å². The van der Waals surface area contributed by atoms with Gasteiger partial charge in [-0.15, -0.1) is 10.2 Å². The highest BCUT2D eigenvalue weighted by Gasteiger charge is 2.18. The molecule has 3 rings (SSSR count). The molecule has 0 amide bonds. The molecule has 0 saturated carbocycles. The maximum atomic E-state index is 12.3. The number of nitrogens with zero attached hydrogens (tertiary/aromatic N) is 4. The molecule has 0 fully saturated rings. The van der Waals surface area contributed by atoms with Crippen LogP contribution in [0.2, 0.25) is 0 Å². The fourth-order valence-corrected chi connectivity index (χ4v) is 2.76. The Bertz CT molecular complexity index is 1100. The molecule has 2 heterocycles. The lowest BCUT2D eigenvalue weighted by Crippen LogP contribution is -2.24. The van der Waals surface area contributed by atoms with Crippen molar-refractivity contribution in [2.24, 2.45) is 0 Å². The highest BCUT2D eigenvalue weighted by molar-refractivity contribution is 5.86. The minimum absolute atomic E-state index is 0.0115. The molecular formula is C20H22N4O7. The number of ether oxygens (including phenoxy) is 4. The highest BCUT2D eigenvalue weighted by Crippen LogP contribution is 2.40. The molecule has 11 heteroatoms. The molecule has 0 aliphatic heterocycles. The largest absolute Gasteiger partial charge is 0.493 e. The van der Waals surface area contributed by atoms with Crippen molar-refractivity contribution in [1.29, 1.82) is 0 Å². The number of hydrogen-bond donors (Lipinski definition) is 0. The van der Waals surface area contributed by atoms with E-state index >= 15 is 0 Å². The van der Waals surface area contributed by atoms with Crippen LogP contribution in [0.4, 0.5) is 0 Å². The first kappa shape index (κ1) is 21.8. The molecule has 2 aromatic heterocycles. The minimum atomic E-state index is -0.711. The summed E-state index contributed by atoms with van der Waals surface area (Å²) in [6.45, 7) is 2.05. The van der Waals surface area contributed by atoms with Crippen molar-refractivity contribution in [3.8, 4) is 28.7 Å². The van der Waals surface area contributed by atoms with Gasteiger partial charge >= 0.3 is 5.97 Å². The van der Waals surface area contributed by atoms with E-state index < -0.39 is 5.97 Å². The number of rotatable bonds is 9. The van der Waals surface area contributed by atoms with E-state index in [4.69, 9.17) is 23.4 Å². The fraction of sp³-hybridized carbons (Fsp3) is 0.350. The molecule has 0 N–H and O–H groups in total. The number of aromatic nitrogens is 4. The van der Waals surface area contributed by atoms with Crippen molar-refractivity contribution in [1.82, 2.24) is 20.0 Å². The van der Waals surface area contributed by atoms with Crippen molar-refractivity contribution in [3.63, 3.8) is 0 Å². The molecule has 11 nitrogen and oxygen atoms in total. The molecule has 1 aromatic carbocycles. The number of aryl methyl sites for hydroxylation is 1. The van der Waals surface area contributed by atoms with Crippen LogP contribution in [0.25, 0.3) is 11.5 Å². The molecule has 0 bridgehead atoms. The third-order valence-electron chi connectivity index (χ3n) is 4.22. The smallest absolute Gasteiger partial charge is 0.359 e. The van der Waals surface area contributed by atoms with E-state index in [0.29, 0.717) is 35.8 Å². The van der Waals surface area contributed by atoms with E-state index in [1.807, 2.05) is 6.92 Å². The molecular weight excluding hydrogens is 408 g/mol. The predicted molar refractivity (Wildman–Crippen MR) is 107 cm³/mol. The second kappa shape index (κ2) is 9.74. The topological polar surface area (TPSA) is 128 Å². The zero-order valence-electron chi connectivity index (χ0n) is 17.6. The Hall–Kier alpha value is -3.89. The minimum Gasteiger partial charge on any atom is -0.493 e. The average Bonchev–Trinajstić information content (AvgIpc) is 3.27. The Morgan fingerprint density at radius 2 is 1.77 bits per heavy atom. The number of methoxy groups -OCH3 is 3. The van der Waals surface area contributed by atoms with Gasteiger partial charge < -0.3 is 23.4 Å². The summed E-state index contributed by atoms with van der Waals surface area (Å²) in [4.78, 5) is 24.0. The monoisotopic (exact) mass is 430 g/mol. The third kappa shape index (κ3) is 4.82. The predicted octanol–water partition coefficient (Wildman–Crippen LogP) is 2.09. The van der Waals surface area contributed by atoms with E-state index in [0.717, 1.165) is 0 Å². The summed E-state index contributed by atoms with van der Waals surface area (Å²) in [6.07, 6.45) is 0.705. The summed E-state index contributed by atoms with van der Waals surface area (Å²) in [7, 11) is 4.50.